The van der Waals surface area contributed by atoms with Gasteiger partial charge in [-0.3, -0.25) is 38.8 Å². The molecule has 8 aromatic carbocycles. The Labute approximate surface area is 892 Å². The van der Waals surface area contributed by atoms with Crippen molar-refractivity contribution in [2.45, 2.75) is 260 Å². The average Bonchev–Trinajstić information content (AvgIpc) is 1.66. The Kier molecular flexibility index (Phi) is 37.4. The van der Waals surface area contributed by atoms with Crippen molar-refractivity contribution in [3.05, 3.63) is 271 Å². The molecule has 12 aliphatic rings. The lowest BCUT2D eigenvalue weighted by atomic mass is 9.79. The summed E-state index contributed by atoms with van der Waals surface area (Å²) in [5.41, 5.74) is 13.8. The fraction of sp³-hybridized carbons (Fsp3) is 0.570. The molecule has 150 heavy (non-hydrogen) atoms. The third-order valence-electron chi connectivity index (χ3n) is 38.2. The van der Waals surface area contributed by atoms with Gasteiger partial charge < -0.3 is 54.1 Å². The first kappa shape index (κ1) is 107. The summed E-state index contributed by atoms with van der Waals surface area (Å²) in [6.07, 6.45) is 40.5. The van der Waals surface area contributed by atoms with Crippen molar-refractivity contribution < 1.29 is 39.6 Å². The van der Waals surface area contributed by atoms with Gasteiger partial charge in [-0.2, -0.15) is 0 Å². The van der Waals surface area contributed by atoms with Crippen molar-refractivity contribution in [3.63, 3.8) is 0 Å². The monoisotopic (exact) mass is 2030 g/mol. The molecule has 11 heterocycles. The van der Waals surface area contributed by atoms with Crippen LogP contribution in [0.3, 0.4) is 0 Å². The highest BCUT2D eigenvalue weighted by Crippen LogP contribution is 2.46. The molecule has 0 radical (unpaired) electrons. The van der Waals surface area contributed by atoms with Crippen LogP contribution in [0, 0.1) is 71.0 Å². The number of aromatic nitrogens is 6. The van der Waals surface area contributed by atoms with Crippen molar-refractivity contribution >= 4 is 57.0 Å². The number of fused-ring (bicyclic) bond motifs is 3. The third kappa shape index (κ3) is 27.5. The van der Waals surface area contributed by atoms with Crippen LogP contribution < -0.4 is 0 Å². The molecule has 22 nitrogen and oxygen atoms in total. The number of para-hydroxylation sites is 6. The molecule has 8 aliphatic heterocycles. The molecule has 11 aromatic rings. The number of piperidine rings is 4. The molecule has 22 heteroatoms. The van der Waals surface area contributed by atoms with Gasteiger partial charge in [0.2, 0.25) is 0 Å². The Hall–Kier alpha value is -10.3. The van der Waals surface area contributed by atoms with Gasteiger partial charge in [-0.15, -0.1) is 0 Å². The van der Waals surface area contributed by atoms with Gasteiger partial charge in [0.05, 0.1) is 45.8 Å². The number of carboxylic acids is 4. The highest BCUT2D eigenvalue weighted by molar-refractivity contribution is 5.78. The van der Waals surface area contributed by atoms with Crippen LogP contribution in [0.15, 0.2) is 237 Å². The van der Waals surface area contributed by atoms with E-state index in [4.69, 9.17) is 4.98 Å². The number of carbonyl (C=O) groups is 4. The van der Waals surface area contributed by atoms with Gasteiger partial charge in [0, 0.05) is 122 Å². The molecule has 23 rings (SSSR count). The number of hydrogen-bond donors (Lipinski definition) is 5. The van der Waals surface area contributed by atoms with E-state index in [-0.39, 0.29) is 24.2 Å². The van der Waals surface area contributed by atoms with Crippen LogP contribution in [0.5, 0.6) is 0 Å². The Morgan fingerprint density at radius 2 is 0.607 bits per heavy atom. The number of aryl methyl sites for hydroxylation is 2. The van der Waals surface area contributed by atoms with E-state index in [0.717, 1.165) is 228 Å². The summed E-state index contributed by atoms with van der Waals surface area (Å²) in [5.74, 6) is 6.42. The van der Waals surface area contributed by atoms with Gasteiger partial charge in [-0.25, -0.2) is 15.0 Å². The predicted octanol–water partition coefficient (Wildman–Crippen LogP) is 22.6. The number of imidazole rings is 3. The zero-order valence-corrected chi connectivity index (χ0v) is 89.3. The molecule has 0 bridgehead atoms. The first-order valence-electron chi connectivity index (χ1n) is 58.9. The van der Waals surface area contributed by atoms with Crippen LogP contribution >= 0.6 is 0 Å². The van der Waals surface area contributed by atoms with Crippen LogP contribution in [0.4, 0.5) is 0 Å². The van der Waals surface area contributed by atoms with Crippen LogP contribution in [0.25, 0.3) is 33.1 Å². The number of carboxylic acid groups (broad SMARTS) is 4. The number of benzene rings is 8. The van der Waals surface area contributed by atoms with Crippen LogP contribution in [0.2, 0.25) is 0 Å². The number of H-pyrrole nitrogens is 1. The van der Waals surface area contributed by atoms with E-state index >= 15 is 0 Å². The standard InChI is InChI=1S/C33H44N4O2.2C32H42N4O2.C31H42N2O2/c38-33(39)32(27-11-5-2-6-12-27)37-22-28(29(23-37)26-9-3-1-4-10-26)21-35-18-15-25(16-19-35)17-20-36-24-34-30-13-7-8-14-31(30)36;37-32(38)31(26-11-5-2-6-12-26)35-21-27(28(22-35)25-9-3-1-4-10-25)20-34-17-15-24(16-18-34)19-36-23-33-29-13-7-8-14-30(29)36;37-32(38)31(25-11-5-2-6-12-25)36-21-26(27(22-36)24-9-3-1-4-10-24)20-35-17-15-23(16-18-35)19-30-33-28-13-7-8-14-29(28)34-30;34-31(35)30(27-15-8-16-27)33-22-28(29(23-33)26-13-5-2-6-14-26)21-32-19-17-25(18-20-32)12-7-11-24-9-3-1-4-10-24/h1,3-4,7-10,13-14,24-25,27-29,32H,2,5-6,11-12,15-23H2,(H,38,39);1,3-4,7-10,13-14,23-24,26-28,31H,2,5-6,11-12,15-22H2,(H,37,38);1,3-4,7-10,13-14,23,25-27,31H,2,5-6,11-12,15-22H2,(H,33,34)(H,37,38);1-6,9-10,13-14,25,27-30H,7-8,11-12,15-23H2,(H,34,35)/t28-,29+,32+;27-,28+,31+;26-,27+,31+;28-,29+,30+/m0000/s1. The van der Waals surface area contributed by atoms with Gasteiger partial charge in [0.25, 0.3) is 0 Å². The number of nitrogens with zero attached hydrogens (tertiary/aromatic N) is 13. The zero-order valence-electron chi connectivity index (χ0n) is 89.3. The van der Waals surface area contributed by atoms with E-state index in [2.05, 4.69) is 282 Å². The molecule has 0 unspecified atom stereocenters. The second kappa shape index (κ2) is 52.6. The number of nitrogens with one attached hydrogen (secondary N) is 1. The number of hydrogen-bond acceptors (Lipinski definition) is 15. The number of aromatic amines is 1. The van der Waals surface area contributed by atoms with Crippen molar-refractivity contribution in [2.24, 2.45) is 71.0 Å². The first-order valence-corrected chi connectivity index (χ1v) is 58.9. The Morgan fingerprint density at radius 3 is 0.960 bits per heavy atom. The summed E-state index contributed by atoms with van der Waals surface area (Å²) in [5, 5.41) is 40.9. The lowest BCUT2D eigenvalue weighted by Crippen LogP contribution is -2.47. The molecule has 12 fully saturated rings. The molecule has 4 saturated carbocycles. The summed E-state index contributed by atoms with van der Waals surface area (Å²) < 4.78 is 4.64. The zero-order chi connectivity index (χ0) is 102. The molecule has 3 aromatic heterocycles. The normalized spacial score (nSPS) is 25.1. The van der Waals surface area contributed by atoms with E-state index in [1.54, 1.807) is 0 Å². The van der Waals surface area contributed by atoms with Gasteiger partial charge in [0.15, 0.2) is 0 Å². The van der Waals surface area contributed by atoms with Gasteiger partial charge in [0.1, 0.15) is 30.0 Å². The minimum absolute atomic E-state index is 0.296. The molecule has 0 spiro atoms. The molecule has 12 atom stereocenters. The lowest BCUT2D eigenvalue weighted by molar-refractivity contribution is -0.147. The van der Waals surface area contributed by atoms with Crippen molar-refractivity contribution in [1.29, 1.82) is 0 Å². The number of likely N-dealkylation sites (tertiary alicyclic amines) is 8. The minimum atomic E-state index is -0.615. The Morgan fingerprint density at radius 1 is 0.300 bits per heavy atom. The molecular formula is C128H170N14O8. The van der Waals surface area contributed by atoms with E-state index in [9.17, 15) is 39.6 Å². The fourth-order valence-electron chi connectivity index (χ4n) is 29.8. The van der Waals surface area contributed by atoms with E-state index in [1.165, 1.54) is 193 Å². The number of rotatable bonds is 35. The number of aliphatic carboxylic acids is 4. The minimum Gasteiger partial charge on any atom is -0.480 e. The largest absolute Gasteiger partial charge is 0.480 e. The van der Waals surface area contributed by atoms with E-state index in [0.29, 0.717) is 82.9 Å². The third-order valence-corrected chi connectivity index (χ3v) is 38.2. The van der Waals surface area contributed by atoms with Crippen molar-refractivity contribution in [1.82, 2.24) is 68.3 Å². The van der Waals surface area contributed by atoms with E-state index < -0.39 is 23.9 Å². The lowest BCUT2D eigenvalue weighted by Gasteiger charge is -2.37. The summed E-state index contributed by atoms with van der Waals surface area (Å²) in [6.45, 7) is 22.7. The molecule has 5 N–H and O–H groups in total. The summed E-state index contributed by atoms with van der Waals surface area (Å²) in [4.78, 5) is 87.2. The van der Waals surface area contributed by atoms with Gasteiger partial charge in [-0.05, 0) is 310 Å². The fourth-order valence-corrected chi connectivity index (χ4v) is 29.8. The van der Waals surface area contributed by atoms with Crippen molar-refractivity contribution in [3.8, 4) is 0 Å². The Bertz CT molecular complexity index is 5930. The SMILES string of the molecule is O=C(O)[C@@H](C1CCC1)N1C[C@H](CN2CCC(CCCc3ccccc3)CC2)[C@@H](c2ccccc2)C1.O=C(O)[C@@H](C1CCCCC1)N1C[C@H](CN2CCC(CCn3cnc4ccccc43)CC2)[C@@H](c2ccccc2)C1.O=C(O)[C@@H](C1CCCCC1)N1C[C@H](CN2CCC(Cc3nc4ccccc4[nH]3)CC2)[C@@H](c2ccccc2)C1.O=C(O)[C@@H](C1CCCCC1)N1C[C@H](CN2CCC(Cn3cnc4ccccc43)CC2)[C@@H](c2ccccc2)C1. The molecule has 8 saturated heterocycles. The predicted molar refractivity (Wildman–Crippen MR) is 600 cm³/mol. The maximum absolute atomic E-state index is 12.5. The van der Waals surface area contributed by atoms with Gasteiger partial charge >= 0.3 is 23.9 Å². The smallest absolute Gasteiger partial charge is 0.321 e. The van der Waals surface area contributed by atoms with Crippen LogP contribution in [0.1, 0.15) is 244 Å². The van der Waals surface area contributed by atoms with Gasteiger partial charge in [-0.1, -0.05) is 259 Å². The summed E-state index contributed by atoms with van der Waals surface area (Å²) in [7, 11) is 0. The topological polar surface area (TPSA) is 239 Å². The van der Waals surface area contributed by atoms with E-state index in [1.807, 2.05) is 18.7 Å². The van der Waals surface area contributed by atoms with Crippen molar-refractivity contribution in [2.75, 3.05) is 131 Å². The summed E-state index contributed by atoms with van der Waals surface area (Å²) >= 11 is 0. The highest BCUT2D eigenvalue weighted by Gasteiger charge is 2.50. The maximum atomic E-state index is 12.5. The molecule has 4 aliphatic carbocycles. The summed E-state index contributed by atoms with van der Waals surface area (Å²) in [6, 6.07) is 78.1. The first-order chi connectivity index (χ1) is 73.6. The molecule has 0 amide bonds. The van der Waals surface area contributed by atoms with Crippen LogP contribution in [-0.2, 0) is 45.1 Å². The Balaban J connectivity index is 0.000000121. The highest BCUT2D eigenvalue weighted by atomic mass is 16.4. The van der Waals surface area contributed by atoms with Crippen LogP contribution in [-0.4, -0.2) is 268 Å². The maximum Gasteiger partial charge on any atom is 0.321 e. The second-order valence-electron chi connectivity index (χ2n) is 47.8. The molecule has 800 valence electrons. The molecular weight excluding hydrogens is 1860 g/mol. The quantitative estimate of drug-likeness (QED) is 0.0248. The second-order valence-corrected chi connectivity index (χ2v) is 47.8. The average molecular weight is 2030 g/mol.